The van der Waals surface area contributed by atoms with Crippen molar-refractivity contribution in [2.75, 3.05) is 19.8 Å². The SMILES string of the molecule is C1=C[CH+]C(=C(c2ccccc2)c2ccccc2)C=C1.CCO[Si](C[B-](c1ccc(F)cc1)(c1ccc(F)cc1)c1ccc(F)cc1)(OCC)OCC. The maximum absolute atomic E-state index is 13.9. The monoisotopic (exact) mass is 716 g/mol. The summed E-state index contributed by atoms with van der Waals surface area (Å²) in [4.78, 5) is 0. The first-order chi connectivity index (χ1) is 25.3. The van der Waals surface area contributed by atoms with Gasteiger partial charge in [-0.2, -0.15) is 16.4 Å². The van der Waals surface area contributed by atoms with Gasteiger partial charge in [-0.15, -0.1) is 0 Å². The fraction of sp³-hybridized carbons (Fsp3) is 0.159. The Bertz CT molecular complexity index is 1760. The predicted molar refractivity (Wildman–Crippen MR) is 211 cm³/mol. The van der Waals surface area contributed by atoms with Crippen LogP contribution >= 0.6 is 0 Å². The maximum atomic E-state index is 13.9. The van der Waals surface area contributed by atoms with Crippen LogP contribution in [0.2, 0.25) is 5.94 Å². The predicted octanol–water partition coefficient (Wildman–Crippen LogP) is 8.98. The average molecular weight is 717 g/mol. The summed E-state index contributed by atoms with van der Waals surface area (Å²) in [6.45, 7) is 6.78. The van der Waals surface area contributed by atoms with E-state index in [1.54, 1.807) is 36.4 Å². The fourth-order valence-electron chi connectivity index (χ4n) is 6.96. The Morgan fingerprint density at radius 3 is 1.25 bits per heavy atom. The Balaban J connectivity index is 0.000000231. The summed E-state index contributed by atoms with van der Waals surface area (Å²) >= 11 is 0. The molecule has 0 heterocycles. The van der Waals surface area contributed by atoms with E-state index in [2.05, 4.69) is 91.4 Å². The zero-order chi connectivity index (χ0) is 36.8. The van der Waals surface area contributed by atoms with Gasteiger partial charge in [0.15, 0.2) is 0 Å². The first-order valence-corrected chi connectivity index (χ1v) is 19.7. The van der Waals surface area contributed by atoms with Crippen molar-refractivity contribution < 1.29 is 26.4 Å². The van der Waals surface area contributed by atoms with Crippen LogP contribution in [0.1, 0.15) is 31.9 Å². The van der Waals surface area contributed by atoms with Crippen LogP contribution in [0.25, 0.3) is 5.57 Å². The second-order valence-electron chi connectivity index (χ2n) is 12.4. The molecule has 0 bridgehead atoms. The summed E-state index contributed by atoms with van der Waals surface area (Å²) in [5.41, 5.74) is 7.42. The van der Waals surface area contributed by atoms with Gasteiger partial charge < -0.3 is 13.3 Å². The Hall–Kier alpha value is -4.86. The molecule has 8 heteroatoms. The van der Waals surface area contributed by atoms with E-state index in [0.717, 1.165) is 16.4 Å². The molecule has 0 saturated heterocycles. The van der Waals surface area contributed by atoms with Crippen LogP contribution in [0.4, 0.5) is 13.2 Å². The molecule has 5 aromatic carbocycles. The van der Waals surface area contributed by atoms with Gasteiger partial charge in [0.05, 0.1) is 11.7 Å². The average Bonchev–Trinajstić information content (AvgIpc) is 3.17. The Morgan fingerprint density at radius 1 is 0.538 bits per heavy atom. The molecular formula is C44H44BF3O3Si. The van der Waals surface area contributed by atoms with Gasteiger partial charge in [-0.05, 0) is 81.4 Å². The lowest BCUT2D eigenvalue weighted by Crippen LogP contribution is -2.72. The topological polar surface area (TPSA) is 27.7 Å². The molecule has 0 fully saturated rings. The molecule has 52 heavy (non-hydrogen) atoms. The molecule has 1 aliphatic carbocycles. The third-order valence-electron chi connectivity index (χ3n) is 9.15. The van der Waals surface area contributed by atoms with E-state index in [4.69, 9.17) is 13.3 Å². The van der Waals surface area contributed by atoms with E-state index in [0.29, 0.717) is 25.8 Å². The van der Waals surface area contributed by atoms with Crippen LogP contribution in [0.5, 0.6) is 0 Å². The molecule has 1 aliphatic rings. The van der Waals surface area contributed by atoms with E-state index < -0.39 is 15.0 Å². The highest BCUT2D eigenvalue weighted by Gasteiger charge is 2.47. The summed E-state index contributed by atoms with van der Waals surface area (Å²) in [6, 6.07) is 39.7. The van der Waals surface area contributed by atoms with Crippen molar-refractivity contribution in [3.05, 3.63) is 198 Å². The Labute approximate surface area is 307 Å². The van der Waals surface area contributed by atoms with Gasteiger partial charge in [0.2, 0.25) is 0 Å². The molecular weight excluding hydrogens is 672 g/mol. The van der Waals surface area contributed by atoms with Crippen molar-refractivity contribution in [3.63, 3.8) is 0 Å². The minimum Gasteiger partial charge on any atom is -0.376 e. The van der Waals surface area contributed by atoms with Gasteiger partial charge in [-0.1, -0.05) is 78.7 Å². The highest BCUT2D eigenvalue weighted by atomic mass is 28.4. The first kappa shape index (κ1) is 38.4. The first-order valence-electron chi connectivity index (χ1n) is 17.7. The second kappa shape index (κ2) is 18.6. The third kappa shape index (κ3) is 9.32. The minimum atomic E-state index is -3.27. The number of hydrogen-bond donors (Lipinski definition) is 0. The molecule has 266 valence electrons. The van der Waals surface area contributed by atoms with E-state index in [1.165, 1.54) is 58.7 Å². The molecule has 3 nitrogen and oxygen atoms in total. The Kier molecular flexibility index (Phi) is 13.7. The lowest BCUT2D eigenvalue weighted by molar-refractivity contribution is 0.0757. The smallest absolute Gasteiger partial charge is 0.376 e. The summed E-state index contributed by atoms with van der Waals surface area (Å²) in [7, 11) is -3.27. The van der Waals surface area contributed by atoms with Gasteiger partial charge in [0.1, 0.15) is 23.0 Å². The molecule has 0 N–H and O–H groups in total. The second-order valence-corrected chi connectivity index (χ2v) is 15.0. The molecule has 0 amide bonds. The highest BCUT2D eigenvalue weighted by molar-refractivity contribution is 7.16. The zero-order valence-electron chi connectivity index (χ0n) is 29.9. The maximum Gasteiger partial charge on any atom is 0.465 e. The van der Waals surface area contributed by atoms with Crippen molar-refractivity contribution in [2.45, 2.75) is 26.7 Å². The summed E-state index contributed by atoms with van der Waals surface area (Å²) in [6.07, 6.45) is 8.64. The van der Waals surface area contributed by atoms with Gasteiger partial charge in [0, 0.05) is 61.7 Å². The number of allylic oxidation sites excluding steroid dienone is 5. The van der Waals surface area contributed by atoms with Gasteiger partial charge in [-0.25, -0.2) is 13.2 Å². The minimum absolute atomic E-state index is 0.325. The van der Waals surface area contributed by atoms with Crippen LogP contribution in [0, 0.1) is 23.9 Å². The van der Waals surface area contributed by atoms with Crippen LogP contribution in [-0.4, -0.2) is 34.8 Å². The van der Waals surface area contributed by atoms with Crippen molar-refractivity contribution >= 4 is 36.9 Å². The molecule has 5 aromatic rings. The zero-order valence-corrected chi connectivity index (χ0v) is 30.9. The molecule has 0 unspecified atom stereocenters. The van der Waals surface area contributed by atoms with E-state index in [1.807, 2.05) is 20.8 Å². The van der Waals surface area contributed by atoms with Gasteiger partial charge in [-0.3, -0.25) is 0 Å². The summed E-state index contributed by atoms with van der Waals surface area (Å²) in [5, 5.41) is 0. The summed E-state index contributed by atoms with van der Waals surface area (Å²) < 4.78 is 60.4. The van der Waals surface area contributed by atoms with Crippen molar-refractivity contribution in [1.29, 1.82) is 0 Å². The lowest BCUT2D eigenvalue weighted by Gasteiger charge is -2.47. The molecule has 0 radical (unpaired) electrons. The van der Waals surface area contributed by atoms with Crippen LogP contribution < -0.4 is 16.4 Å². The van der Waals surface area contributed by atoms with Crippen LogP contribution in [0.3, 0.4) is 0 Å². The number of rotatable bonds is 13. The number of halogens is 3. The fourth-order valence-corrected chi connectivity index (χ4v) is 10.3. The van der Waals surface area contributed by atoms with Gasteiger partial charge in [0.25, 0.3) is 0 Å². The molecule has 0 saturated carbocycles. The third-order valence-corrected chi connectivity index (χ3v) is 12.5. The van der Waals surface area contributed by atoms with E-state index in [9.17, 15) is 13.2 Å². The van der Waals surface area contributed by atoms with Crippen molar-refractivity contribution in [2.24, 2.45) is 0 Å². The molecule has 0 aliphatic heterocycles. The van der Waals surface area contributed by atoms with Crippen LogP contribution in [0.15, 0.2) is 163 Å². The standard InChI is InChI=1S/C25H29BF3O3Si.C19H15/c1-4-30-33(31-5-2,32-6-3)19-26(20-7-13-23(27)14-8-20,21-9-15-24(28)16-10-21)22-11-17-25(29)18-12-22;1-4-10-16(11-5-1)19(17-12-6-2-7-13-17)18-14-8-3-9-15-18/h7-18H,4-6,19H2,1-3H3;1-15H/q-1;+1. The lowest BCUT2D eigenvalue weighted by atomic mass is 9.17. The largest absolute Gasteiger partial charge is 0.465 e. The molecule has 6 rings (SSSR count). The Morgan fingerprint density at radius 2 is 0.923 bits per heavy atom. The summed E-state index contributed by atoms with van der Waals surface area (Å²) in [5.74, 6) is -0.787. The van der Waals surface area contributed by atoms with E-state index in [-0.39, 0.29) is 17.5 Å². The molecule has 0 aromatic heterocycles. The van der Waals surface area contributed by atoms with Crippen LogP contribution in [-0.2, 0) is 13.3 Å². The van der Waals surface area contributed by atoms with Crippen molar-refractivity contribution in [1.82, 2.24) is 0 Å². The molecule has 0 spiro atoms. The van der Waals surface area contributed by atoms with Gasteiger partial charge >= 0.3 is 8.80 Å². The highest BCUT2D eigenvalue weighted by Crippen LogP contribution is 2.30. The van der Waals surface area contributed by atoms with Crippen molar-refractivity contribution in [3.8, 4) is 0 Å². The molecule has 0 atom stereocenters. The quantitative estimate of drug-likeness (QED) is 0.0900. The van der Waals surface area contributed by atoms with E-state index >= 15 is 0 Å². The number of benzene rings is 5. The normalized spacial score (nSPS) is 12.5. The number of hydrogen-bond acceptors (Lipinski definition) is 3.